The van der Waals surface area contributed by atoms with Gasteiger partial charge >= 0.3 is 0 Å². The number of aliphatic hydroxyl groups excluding tert-OH is 1. The minimum atomic E-state index is 0.145. The summed E-state index contributed by atoms with van der Waals surface area (Å²) >= 11 is 1.44. The van der Waals surface area contributed by atoms with Crippen molar-refractivity contribution >= 4 is 22.7 Å². The number of nitrogens with one attached hydrogen (secondary N) is 1. The maximum absolute atomic E-state index is 10.4. The van der Waals surface area contributed by atoms with Gasteiger partial charge in [-0.3, -0.25) is 5.41 Å². The van der Waals surface area contributed by atoms with Crippen LogP contribution < -0.4 is 4.74 Å². The zero-order chi connectivity index (χ0) is 18.1. The second kappa shape index (κ2) is 7.09. The molecule has 136 valence electrons. The zero-order valence-corrected chi connectivity index (χ0v) is 15.4. The van der Waals surface area contributed by atoms with Crippen molar-refractivity contribution < 1.29 is 14.6 Å². The molecule has 2 aliphatic heterocycles. The lowest BCUT2D eigenvalue weighted by Gasteiger charge is -2.21. The second-order valence-corrected chi connectivity index (χ2v) is 7.31. The van der Waals surface area contributed by atoms with Crippen LogP contribution in [0, 0.1) is 5.41 Å². The smallest absolute Gasteiger partial charge is 0.135 e. The van der Waals surface area contributed by atoms with Crippen molar-refractivity contribution in [3.8, 4) is 17.0 Å². The molecule has 6 nitrogen and oxygen atoms in total. The molecule has 1 atom stereocenters. The summed E-state index contributed by atoms with van der Waals surface area (Å²) < 4.78 is 10.9. The van der Waals surface area contributed by atoms with E-state index < -0.39 is 0 Å². The Morgan fingerprint density at radius 1 is 1.46 bits per heavy atom. The molecule has 1 saturated heterocycles. The van der Waals surface area contributed by atoms with E-state index in [1.165, 1.54) is 11.3 Å². The van der Waals surface area contributed by atoms with Crippen LogP contribution in [0.1, 0.15) is 17.8 Å². The van der Waals surface area contributed by atoms with Crippen molar-refractivity contribution in [1.82, 2.24) is 9.88 Å². The minimum absolute atomic E-state index is 0.145. The largest absolute Gasteiger partial charge is 0.510 e. The molecule has 0 saturated carbocycles. The maximum atomic E-state index is 10.4. The highest BCUT2D eigenvalue weighted by Gasteiger charge is 2.32. The van der Waals surface area contributed by atoms with E-state index in [-0.39, 0.29) is 11.9 Å². The molecule has 4 rings (SSSR count). The molecule has 0 aliphatic carbocycles. The molecule has 2 aromatic rings. The number of benzene rings is 1. The molecule has 2 N–H and O–H groups in total. The molecule has 0 unspecified atom stereocenters. The molecule has 26 heavy (non-hydrogen) atoms. The SMILES string of the molecule is COc1cccc(-c2csc(C3=C(O)CN(C[C@H]4CCCO4)C3=N)n2)c1. The van der Waals surface area contributed by atoms with Gasteiger partial charge in [0.1, 0.15) is 22.4 Å². The van der Waals surface area contributed by atoms with Gasteiger partial charge in [0.15, 0.2) is 0 Å². The van der Waals surface area contributed by atoms with E-state index in [1.54, 1.807) is 7.11 Å². The lowest BCUT2D eigenvalue weighted by Crippen LogP contribution is -2.34. The Kier molecular flexibility index (Phi) is 4.65. The van der Waals surface area contributed by atoms with Crippen LogP contribution in [0.5, 0.6) is 5.75 Å². The summed E-state index contributed by atoms with van der Waals surface area (Å²) in [6.07, 6.45) is 2.22. The number of ether oxygens (including phenoxy) is 2. The van der Waals surface area contributed by atoms with Gasteiger partial charge in [0.2, 0.25) is 0 Å². The van der Waals surface area contributed by atoms with Gasteiger partial charge in [-0.15, -0.1) is 11.3 Å². The molecule has 0 spiro atoms. The van der Waals surface area contributed by atoms with Gasteiger partial charge in [-0.2, -0.15) is 0 Å². The van der Waals surface area contributed by atoms with E-state index in [0.29, 0.717) is 29.5 Å². The first-order valence-electron chi connectivity index (χ1n) is 8.63. The van der Waals surface area contributed by atoms with E-state index in [2.05, 4.69) is 4.98 Å². The third-order valence-electron chi connectivity index (χ3n) is 4.71. The molecule has 0 radical (unpaired) electrons. The van der Waals surface area contributed by atoms with Gasteiger partial charge in [-0.25, -0.2) is 4.98 Å². The topological polar surface area (TPSA) is 78.7 Å². The van der Waals surface area contributed by atoms with E-state index in [4.69, 9.17) is 14.9 Å². The monoisotopic (exact) mass is 371 g/mol. The Balaban J connectivity index is 1.54. The number of hydrogen-bond acceptors (Lipinski definition) is 6. The molecule has 1 aromatic heterocycles. The third kappa shape index (κ3) is 3.20. The highest BCUT2D eigenvalue weighted by Crippen LogP contribution is 2.33. The minimum Gasteiger partial charge on any atom is -0.510 e. The van der Waals surface area contributed by atoms with Crippen molar-refractivity contribution in [2.45, 2.75) is 18.9 Å². The van der Waals surface area contributed by atoms with Crippen molar-refractivity contribution in [3.05, 3.63) is 40.4 Å². The fraction of sp³-hybridized carbons (Fsp3) is 0.368. The Labute approximate surface area is 156 Å². The van der Waals surface area contributed by atoms with Gasteiger partial charge in [0.25, 0.3) is 0 Å². The number of rotatable bonds is 5. The zero-order valence-electron chi connectivity index (χ0n) is 14.6. The lowest BCUT2D eigenvalue weighted by molar-refractivity contribution is 0.0924. The van der Waals surface area contributed by atoms with Crippen LogP contribution in [-0.2, 0) is 4.74 Å². The summed E-state index contributed by atoms with van der Waals surface area (Å²) in [6, 6.07) is 7.71. The van der Waals surface area contributed by atoms with E-state index >= 15 is 0 Å². The van der Waals surface area contributed by atoms with Crippen LogP contribution in [0.4, 0.5) is 0 Å². The quantitative estimate of drug-likeness (QED) is 0.840. The molecule has 7 heteroatoms. The van der Waals surface area contributed by atoms with Crippen molar-refractivity contribution in [1.29, 1.82) is 5.41 Å². The van der Waals surface area contributed by atoms with Crippen LogP contribution in [0.15, 0.2) is 35.4 Å². The summed E-state index contributed by atoms with van der Waals surface area (Å²) in [5.74, 6) is 1.31. The molecule has 1 aromatic carbocycles. The molecule has 0 bridgehead atoms. The Bertz CT molecular complexity index is 855. The first kappa shape index (κ1) is 17.1. The van der Waals surface area contributed by atoms with Crippen molar-refractivity contribution in [2.75, 3.05) is 26.8 Å². The Hall–Kier alpha value is -2.38. The van der Waals surface area contributed by atoms with Gasteiger partial charge in [-0.05, 0) is 25.0 Å². The maximum Gasteiger partial charge on any atom is 0.135 e. The van der Waals surface area contributed by atoms with Crippen LogP contribution in [-0.4, -0.2) is 53.7 Å². The predicted octanol–water partition coefficient (Wildman–Crippen LogP) is 3.56. The first-order chi connectivity index (χ1) is 12.7. The first-order valence-corrected chi connectivity index (χ1v) is 9.51. The lowest BCUT2D eigenvalue weighted by atomic mass is 10.1. The highest BCUT2D eigenvalue weighted by atomic mass is 32.1. The van der Waals surface area contributed by atoms with Gasteiger partial charge < -0.3 is 19.5 Å². The summed E-state index contributed by atoms with van der Waals surface area (Å²) in [5, 5.41) is 21.5. The average Bonchev–Trinajstić information content (AvgIpc) is 3.38. The highest BCUT2D eigenvalue weighted by molar-refractivity contribution is 7.11. The third-order valence-corrected chi connectivity index (χ3v) is 5.57. The molecular weight excluding hydrogens is 350 g/mol. The van der Waals surface area contributed by atoms with Gasteiger partial charge in [-0.1, -0.05) is 12.1 Å². The van der Waals surface area contributed by atoms with Crippen LogP contribution in [0.25, 0.3) is 16.8 Å². The van der Waals surface area contributed by atoms with Crippen molar-refractivity contribution in [2.24, 2.45) is 0 Å². The number of nitrogens with zero attached hydrogens (tertiary/aromatic N) is 2. The molecule has 2 aliphatic rings. The van der Waals surface area contributed by atoms with Gasteiger partial charge in [0.05, 0.1) is 31.0 Å². The molecular formula is C19H21N3O3S. The van der Waals surface area contributed by atoms with Crippen LogP contribution in [0.2, 0.25) is 0 Å². The molecule has 0 amide bonds. The van der Waals surface area contributed by atoms with E-state index in [9.17, 15) is 5.11 Å². The summed E-state index contributed by atoms with van der Waals surface area (Å²) in [6.45, 7) is 1.77. The Morgan fingerprint density at radius 3 is 3.12 bits per heavy atom. The number of aromatic nitrogens is 1. The fourth-order valence-electron chi connectivity index (χ4n) is 3.35. The summed E-state index contributed by atoms with van der Waals surface area (Å²) in [4.78, 5) is 6.52. The van der Waals surface area contributed by atoms with Gasteiger partial charge in [0, 0.05) is 24.1 Å². The summed E-state index contributed by atoms with van der Waals surface area (Å²) in [5.41, 5.74) is 2.30. The normalized spacial score (nSPS) is 20.3. The average molecular weight is 371 g/mol. The van der Waals surface area contributed by atoms with Crippen LogP contribution in [0.3, 0.4) is 0 Å². The predicted molar refractivity (Wildman–Crippen MR) is 102 cm³/mol. The number of methoxy groups -OCH3 is 1. The second-order valence-electron chi connectivity index (χ2n) is 6.46. The van der Waals surface area contributed by atoms with Crippen molar-refractivity contribution in [3.63, 3.8) is 0 Å². The number of aliphatic hydroxyl groups is 1. The summed E-state index contributed by atoms with van der Waals surface area (Å²) in [7, 11) is 1.64. The standard InChI is InChI=1S/C19H21N3O3S/c1-24-13-5-2-4-12(8-13)15-11-26-19(21-15)17-16(23)10-22(18(17)20)9-14-6-3-7-25-14/h2,4-5,8,11,14,20,23H,3,6-7,9-10H2,1H3/t14-/m1/s1. The fourth-order valence-corrected chi connectivity index (χ4v) is 4.25. The van der Waals surface area contributed by atoms with E-state index in [1.807, 2.05) is 34.5 Å². The van der Waals surface area contributed by atoms with E-state index in [0.717, 1.165) is 36.5 Å². The number of amidine groups is 1. The molecule has 3 heterocycles. The number of thiazole rings is 1. The molecule has 1 fully saturated rings. The Morgan fingerprint density at radius 2 is 2.35 bits per heavy atom. The van der Waals surface area contributed by atoms with Crippen LogP contribution >= 0.6 is 11.3 Å². The number of hydrogen-bond donors (Lipinski definition) is 2.